The third kappa shape index (κ3) is 14.8. The number of rotatable bonds is 14. The number of benzene rings is 1. The largest absolute Gasteiger partial charge is 0.504 e. The number of aliphatic carboxylic acids is 5. The van der Waals surface area contributed by atoms with Crippen molar-refractivity contribution in [2.45, 2.75) is 0 Å². The highest BCUT2D eigenvalue weighted by Gasteiger charge is 2.18. The first-order valence-corrected chi connectivity index (χ1v) is 9.43. The molecule has 1 rings (SSSR count). The van der Waals surface area contributed by atoms with Crippen molar-refractivity contribution in [1.82, 2.24) is 9.80 Å². The van der Waals surface area contributed by atoms with Crippen LogP contribution in [0.3, 0.4) is 0 Å². The minimum Gasteiger partial charge on any atom is -0.504 e. The van der Waals surface area contributed by atoms with Crippen molar-refractivity contribution in [3.8, 4) is 11.5 Å². The van der Waals surface area contributed by atoms with Crippen LogP contribution in [0.5, 0.6) is 11.5 Å². The molecule has 0 aliphatic heterocycles. The number of methoxy groups -OCH3 is 1. The van der Waals surface area contributed by atoms with Crippen molar-refractivity contribution in [3.63, 3.8) is 0 Å². The number of ether oxygens (including phenoxy) is 1. The van der Waals surface area contributed by atoms with E-state index in [2.05, 4.69) is 0 Å². The number of hydrogen-bond donors (Lipinski definition) is 6. The lowest BCUT2D eigenvalue weighted by Gasteiger charge is -2.23. The average Bonchev–Trinajstić information content (AvgIpc) is 2.70. The number of carboxylic acid groups (broad SMARTS) is 5. The first-order chi connectivity index (χ1) is 15.8. The Labute approximate surface area is 193 Å². The van der Waals surface area contributed by atoms with Crippen molar-refractivity contribution in [2.75, 3.05) is 46.4 Å². The molecule has 0 aliphatic rings. The van der Waals surface area contributed by atoms with E-state index >= 15 is 0 Å². The Morgan fingerprint density at radius 1 is 0.794 bits per heavy atom. The second kappa shape index (κ2) is 15.6. The number of nitrogens with zero attached hydrogens (tertiary/aromatic N) is 2. The molecule has 14 nitrogen and oxygen atoms in total. The van der Waals surface area contributed by atoms with Crippen LogP contribution in [0.4, 0.5) is 0 Å². The van der Waals surface area contributed by atoms with Gasteiger partial charge in [0.1, 0.15) is 0 Å². The van der Waals surface area contributed by atoms with Crippen molar-refractivity contribution >= 4 is 35.9 Å². The number of phenolic OH excluding ortho intramolecular Hbond substituents is 1. The Balaban J connectivity index is 0.000000679. The highest BCUT2D eigenvalue weighted by molar-refractivity contribution is 5.85. The second-order valence-electron chi connectivity index (χ2n) is 6.60. The van der Waals surface area contributed by atoms with Gasteiger partial charge in [0.15, 0.2) is 11.5 Å². The van der Waals surface area contributed by atoms with E-state index < -0.39 is 56.0 Å². The average molecular weight is 486 g/mol. The molecule has 0 unspecified atom stereocenters. The van der Waals surface area contributed by atoms with Crippen LogP contribution in [0, 0.1) is 0 Å². The normalized spacial score (nSPS) is 10.6. The van der Waals surface area contributed by atoms with Crippen LogP contribution < -0.4 is 4.74 Å². The first-order valence-electron chi connectivity index (χ1n) is 9.43. The fourth-order valence-electron chi connectivity index (χ4n) is 2.44. The highest BCUT2D eigenvalue weighted by Crippen LogP contribution is 2.26. The molecule has 0 radical (unpaired) electrons. The summed E-state index contributed by atoms with van der Waals surface area (Å²) < 4.78 is 4.86. The predicted molar refractivity (Wildman–Crippen MR) is 115 cm³/mol. The van der Waals surface area contributed by atoms with Gasteiger partial charge in [-0.05, 0) is 23.8 Å². The molecule has 0 atom stereocenters. The standard InChI is InChI=1S/C10H16N2O8.C10H10O4/c13-7(14)3-11(4-8(15)16)1-2-12(5-9(17)18)6-10(19)20;1-14-9-6-7(2-4-8(9)11)3-5-10(12)13/h1-6H2,(H,13,14)(H,15,16)(H,17,18)(H,19,20);2-6,11H,1H3,(H,12,13)/b;5-3+. The molecule has 14 heteroatoms. The van der Waals surface area contributed by atoms with Gasteiger partial charge in [-0.25, -0.2) is 4.79 Å². The topological polar surface area (TPSA) is 222 Å². The third-order valence-corrected chi connectivity index (χ3v) is 3.79. The Kier molecular flexibility index (Phi) is 13.7. The molecule has 0 heterocycles. The van der Waals surface area contributed by atoms with Gasteiger partial charge in [0.2, 0.25) is 0 Å². The number of carbonyl (C=O) groups is 5. The number of phenols is 1. The molecular formula is C20H26N2O12. The van der Waals surface area contributed by atoms with Gasteiger partial charge in [-0.2, -0.15) is 0 Å². The maximum atomic E-state index is 10.6. The van der Waals surface area contributed by atoms with Gasteiger partial charge in [-0.15, -0.1) is 0 Å². The van der Waals surface area contributed by atoms with Gasteiger partial charge in [-0.1, -0.05) is 6.07 Å². The van der Waals surface area contributed by atoms with Crippen molar-refractivity contribution in [3.05, 3.63) is 29.8 Å². The van der Waals surface area contributed by atoms with Crippen LogP contribution in [-0.4, -0.2) is 117 Å². The van der Waals surface area contributed by atoms with Crippen molar-refractivity contribution < 1.29 is 59.3 Å². The summed E-state index contributed by atoms with van der Waals surface area (Å²) in [7, 11) is 1.43. The van der Waals surface area contributed by atoms with Gasteiger partial charge in [0.25, 0.3) is 0 Å². The fraction of sp³-hybridized carbons (Fsp3) is 0.350. The number of carboxylic acids is 5. The molecular weight excluding hydrogens is 460 g/mol. The molecule has 0 spiro atoms. The summed E-state index contributed by atoms with van der Waals surface area (Å²) in [4.78, 5) is 54.6. The lowest BCUT2D eigenvalue weighted by Crippen LogP contribution is -2.43. The van der Waals surface area contributed by atoms with Crippen molar-refractivity contribution in [2.24, 2.45) is 0 Å². The molecule has 0 aliphatic carbocycles. The molecule has 6 N–H and O–H groups in total. The quantitative estimate of drug-likeness (QED) is 0.181. The Hall–Kier alpha value is -4.17. The molecule has 0 saturated carbocycles. The predicted octanol–water partition coefficient (Wildman–Crippen LogP) is -0.573. The van der Waals surface area contributed by atoms with E-state index in [0.29, 0.717) is 11.3 Å². The van der Waals surface area contributed by atoms with Crippen molar-refractivity contribution in [1.29, 1.82) is 0 Å². The molecule has 1 aromatic rings. The summed E-state index contributed by atoms with van der Waals surface area (Å²) in [5.41, 5.74) is 0.655. The van der Waals surface area contributed by atoms with E-state index in [1.807, 2.05) is 0 Å². The SMILES string of the molecule is COc1cc(/C=C/C(=O)O)ccc1O.O=C(O)CN(CCN(CC(=O)O)CC(=O)O)CC(=O)O. The Bertz CT molecular complexity index is 832. The molecule has 0 saturated heterocycles. The molecule has 0 fully saturated rings. The van der Waals surface area contributed by atoms with Crippen LogP contribution in [0.15, 0.2) is 24.3 Å². The fourth-order valence-corrected chi connectivity index (χ4v) is 2.44. The number of hydrogen-bond acceptors (Lipinski definition) is 9. The summed E-state index contributed by atoms with van der Waals surface area (Å²) in [6, 6.07) is 4.59. The highest BCUT2D eigenvalue weighted by atomic mass is 16.5. The zero-order chi connectivity index (χ0) is 26.3. The van der Waals surface area contributed by atoms with E-state index in [0.717, 1.165) is 15.9 Å². The number of aromatic hydroxyl groups is 1. The second-order valence-corrected chi connectivity index (χ2v) is 6.60. The molecule has 188 valence electrons. The van der Waals surface area contributed by atoms with Crippen LogP contribution in [0.1, 0.15) is 5.56 Å². The molecule has 34 heavy (non-hydrogen) atoms. The zero-order valence-corrected chi connectivity index (χ0v) is 18.2. The molecule has 0 bridgehead atoms. The van der Waals surface area contributed by atoms with Gasteiger partial charge in [0.05, 0.1) is 33.3 Å². The van der Waals surface area contributed by atoms with E-state index in [-0.39, 0.29) is 18.8 Å². The van der Waals surface area contributed by atoms with E-state index in [9.17, 15) is 29.1 Å². The van der Waals surface area contributed by atoms with Crippen LogP contribution in [-0.2, 0) is 24.0 Å². The smallest absolute Gasteiger partial charge is 0.328 e. The maximum absolute atomic E-state index is 10.6. The third-order valence-electron chi connectivity index (χ3n) is 3.79. The van der Waals surface area contributed by atoms with Gasteiger partial charge < -0.3 is 35.4 Å². The summed E-state index contributed by atoms with van der Waals surface area (Å²) >= 11 is 0. The molecule has 0 aromatic heterocycles. The van der Waals surface area contributed by atoms with Gasteiger partial charge >= 0.3 is 29.8 Å². The maximum Gasteiger partial charge on any atom is 0.328 e. The van der Waals surface area contributed by atoms with Gasteiger partial charge in [0, 0.05) is 19.2 Å². The van der Waals surface area contributed by atoms with Crippen LogP contribution in [0.25, 0.3) is 6.08 Å². The summed E-state index contributed by atoms with van der Waals surface area (Å²) in [6.45, 7) is -2.25. The Morgan fingerprint density at radius 3 is 1.53 bits per heavy atom. The summed E-state index contributed by atoms with van der Waals surface area (Å²) in [6.07, 6.45) is 2.44. The van der Waals surface area contributed by atoms with Crippen LogP contribution in [0.2, 0.25) is 0 Å². The summed E-state index contributed by atoms with van der Waals surface area (Å²) in [5.74, 6) is -5.58. The molecule has 1 aromatic carbocycles. The molecule has 0 amide bonds. The monoisotopic (exact) mass is 486 g/mol. The lowest BCUT2D eigenvalue weighted by atomic mass is 10.2. The van der Waals surface area contributed by atoms with E-state index in [1.54, 1.807) is 12.1 Å². The first kappa shape index (κ1) is 29.8. The van der Waals surface area contributed by atoms with E-state index in [1.165, 1.54) is 19.3 Å². The van der Waals surface area contributed by atoms with Crippen LogP contribution >= 0.6 is 0 Å². The van der Waals surface area contributed by atoms with E-state index in [4.69, 9.17) is 30.3 Å². The minimum atomic E-state index is -1.23. The lowest BCUT2D eigenvalue weighted by molar-refractivity contribution is -0.145. The van der Waals surface area contributed by atoms with Gasteiger partial charge in [-0.3, -0.25) is 29.0 Å². The minimum absolute atomic E-state index is 0.0278. The zero-order valence-electron chi connectivity index (χ0n) is 18.2. The Morgan fingerprint density at radius 2 is 1.21 bits per heavy atom. The summed E-state index contributed by atoms with van der Waals surface area (Å²) in [5, 5.41) is 52.1.